The van der Waals surface area contributed by atoms with E-state index in [1.807, 2.05) is 13.8 Å². The van der Waals surface area contributed by atoms with E-state index in [0.29, 0.717) is 13.0 Å². The number of primary amides is 1. The van der Waals surface area contributed by atoms with Crippen molar-refractivity contribution in [1.29, 1.82) is 0 Å². The van der Waals surface area contributed by atoms with Gasteiger partial charge in [-0.1, -0.05) is 20.8 Å². The van der Waals surface area contributed by atoms with Gasteiger partial charge in [-0.25, -0.2) is 0 Å². The van der Waals surface area contributed by atoms with E-state index in [-0.39, 0.29) is 48.1 Å². The second kappa shape index (κ2) is 8.27. The lowest BCUT2D eigenvalue weighted by molar-refractivity contribution is -0.128. The van der Waals surface area contributed by atoms with E-state index in [4.69, 9.17) is 10.5 Å². The summed E-state index contributed by atoms with van der Waals surface area (Å²) >= 11 is 0. The molecule has 25 heavy (non-hydrogen) atoms. The molecule has 0 aromatic heterocycles. The standard InChI is InChI=1S/C18H31N3O4/c1-12(17(19)24)18(2,3)7-6-15(23)20-16-13(22)11-25-14(16)10-21-8-4-5-9-21/h12,14,16H,4-11H2,1-3H3,(H2,19,24)(H,20,23)/t12?,14-,16?/m0/s1. The number of hydrogen-bond donors (Lipinski definition) is 2. The Bertz CT molecular complexity index is 514. The van der Waals surface area contributed by atoms with Crippen LogP contribution in [0, 0.1) is 11.3 Å². The van der Waals surface area contributed by atoms with Gasteiger partial charge in [0.25, 0.3) is 0 Å². The molecule has 2 fully saturated rings. The van der Waals surface area contributed by atoms with E-state index in [2.05, 4.69) is 10.2 Å². The molecule has 2 aliphatic heterocycles. The Balaban J connectivity index is 1.85. The maximum atomic E-state index is 12.3. The van der Waals surface area contributed by atoms with E-state index in [0.717, 1.165) is 13.1 Å². The Labute approximate surface area is 149 Å². The topological polar surface area (TPSA) is 102 Å². The highest BCUT2D eigenvalue weighted by atomic mass is 16.5. The summed E-state index contributed by atoms with van der Waals surface area (Å²) in [7, 11) is 0. The van der Waals surface area contributed by atoms with Crippen LogP contribution >= 0.6 is 0 Å². The normalized spacial score (nSPS) is 26.0. The Morgan fingerprint density at radius 1 is 1.36 bits per heavy atom. The average molecular weight is 353 g/mol. The number of carbonyl (C=O) groups excluding carboxylic acids is 3. The molecule has 2 unspecified atom stereocenters. The van der Waals surface area contributed by atoms with Crippen LogP contribution in [0.3, 0.4) is 0 Å². The number of rotatable bonds is 8. The third-order valence-electron chi connectivity index (χ3n) is 5.71. The third-order valence-corrected chi connectivity index (χ3v) is 5.71. The quantitative estimate of drug-likeness (QED) is 0.660. The monoisotopic (exact) mass is 353 g/mol. The summed E-state index contributed by atoms with van der Waals surface area (Å²) in [6.45, 7) is 8.42. The molecule has 0 radical (unpaired) electrons. The summed E-state index contributed by atoms with van der Waals surface area (Å²) in [6, 6.07) is -0.565. The van der Waals surface area contributed by atoms with Crippen LogP contribution in [0.1, 0.15) is 46.5 Å². The van der Waals surface area contributed by atoms with Crippen molar-refractivity contribution in [3.63, 3.8) is 0 Å². The molecule has 2 rings (SSSR count). The van der Waals surface area contributed by atoms with Gasteiger partial charge in [0.05, 0.1) is 6.10 Å². The molecule has 3 atom stereocenters. The fourth-order valence-electron chi connectivity index (χ4n) is 3.42. The van der Waals surface area contributed by atoms with Gasteiger partial charge in [-0.3, -0.25) is 14.4 Å². The zero-order valence-electron chi connectivity index (χ0n) is 15.5. The second-order valence-corrected chi connectivity index (χ2v) is 7.98. The molecule has 0 aliphatic carbocycles. The molecular formula is C18H31N3O4. The minimum atomic E-state index is -0.565. The van der Waals surface area contributed by atoms with Crippen LogP contribution in [0.2, 0.25) is 0 Å². The molecule has 0 spiro atoms. The van der Waals surface area contributed by atoms with Gasteiger partial charge >= 0.3 is 0 Å². The lowest BCUT2D eigenvalue weighted by atomic mass is 9.76. The molecular weight excluding hydrogens is 322 g/mol. The largest absolute Gasteiger partial charge is 0.369 e. The second-order valence-electron chi connectivity index (χ2n) is 7.98. The van der Waals surface area contributed by atoms with Crippen molar-refractivity contribution in [2.75, 3.05) is 26.2 Å². The number of hydrogen-bond acceptors (Lipinski definition) is 5. The van der Waals surface area contributed by atoms with E-state index in [1.54, 1.807) is 6.92 Å². The van der Waals surface area contributed by atoms with Gasteiger partial charge in [0.1, 0.15) is 12.6 Å². The van der Waals surface area contributed by atoms with Crippen LogP contribution < -0.4 is 11.1 Å². The Kier molecular flexibility index (Phi) is 6.57. The number of nitrogens with one attached hydrogen (secondary N) is 1. The molecule has 7 heteroatoms. The van der Waals surface area contributed by atoms with Crippen LogP contribution in [0.15, 0.2) is 0 Å². The van der Waals surface area contributed by atoms with Gasteiger partial charge in [-0.15, -0.1) is 0 Å². The van der Waals surface area contributed by atoms with Crippen molar-refractivity contribution in [3.8, 4) is 0 Å². The first kappa shape index (κ1) is 19.8. The average Bonchev–Trinajstić information content (AvgIpc) is 3.17. The first-order valence-electron chi connectivity index (χ1n) is 9.16. The summed E-state index contributed by atoms with van der Waals surface area (Å²) in [5.41, 5.74) is 5.00. The minimum absolute atomic E-state index is 0.0632. The zero-order chi connectivity index (χ0) is 18.6. The summed E-state index contributed by atoms with van der Waals surface area (Å²) in [5, 5.41) is 2.84. The summed E-state index contributed by atoms with van der Waals surface area (Å²) in [4.78, 5) is 38.0. The molecule has 0 aromatic rings. The fourth-order valence-corrected chi connectivity index (χ4v) is 3.42. The third kappa shape index (κ3) is 5.25. The van der Waals surface area contributed by atoms with Gasteiger partial charge in [-0.05, 0) is 37.8 Å². The number of ketones is 1. The Morgan fingerprint density at radius 3 is 2.60 bits per heavy atom. The van der Waals surface area contributed by atoms with Gasteiger partial charge < -0.3 is 20.7 Å². The smallest absolute Gasteiger partial charge is 0.220 e. The number of nitrogens with zero attached hydrogens (tertiary/aromatic N) is 1. The number of amides is 2. The summed E-state index contributed by atoms with van der Waals surface area (Å²) < 4.78 is 5.59. The maximum absolute atomic E-state index is 12.3. The van der Waals surface area contributed by atoms with Crippen molar-refractivity contribution >= 4 is 17.6 Å². The molecule has 2 aliphatic rings. The van der Waals surface area contributed by atoms with E-state index >= 15 is 0 Å². The SMILES string of the molecule is CC(C(N)=O)C(C)(C)CCC(=O)NC1C(=O)CO[C@H]1CN1CCCC1. The first-order valence-corrected chi connectivity index (χ1v) is 9.16. The van der Waals surface area contributed by atoms with Crippen LogP contribution in [0.25, 0.3) is 0 Å². The van der Waals surface area contributed by atoms with Crippen LogP contribution in [0.4, 0.5) is 0 Å². The Morgan fingerprint density at radius 2 is 2.00 bits per heavy atom. The highest BCUT2D eigenvalue weighted by Gasteiger charge is 2.38. The number of Topliss-reactive ketones (excluding diaryl/α,β-unsaturated/α-hetero) is 1. The van der Waals surface area contributed by atoms with Crippen LogP contribution in [0.5, 0.6) is 0 Å². The number of ether oxygens (including phenoxy) is 1. The lowest BCUT2D eigenvalue weighted by Crippen LogP contribution is -2.48. The van der Waals surface area contributed by atoms with Crippen LogP contribution in [-0.4, -0.2) is 60.9 Å². The van der Waals surface area contributed by atoms with Gasteiger partial charge in [0.15, 0.2) is 5.78 Å². The van der Waals surface area contributed by atoms with Crippen molar-refractivity contribution in [3.05, 3.63) is 0 Å². The summed E-state index contributed by atoms with van der Waals surface area (Å²) in [6.07, 6.45) is 2.86. The van der Waals surface area contributed by atoms with Crippen LogP contribution in [-0.2, 0) is 19.1 Å². The molecule has 142 valence electrons. The van der Waals surface area contributed by atoms with Gasteiger partial charge in [-0.2, -0.15) is 0 Å². The van der Waals surface area contributed by atoms with Gasteiger partial charge in [0, 0.05) is 18.9 Å². The van der Waals surface area contributed by atoms with E-state index < -0.39 is 6.04 Å². The highest BCUT2D eigenvalue weighted by molar-refractivity contribution is 5.91. The van der Waals surface area contributed by atoms with E-state index in [1.165, 1.54) is 12.8 Å². The number of carbonyl (C=O) groups is 3. The summed E-state index contributed by atoms with van der Waals surface area (Å²) in [5.74, 6) is -0.933. The number of likely N-dealkylation sites (tertiary alicyclic amines) is 1. The van der Waals surface area contributed by atoms with E-state index in [9.17, 15) is 14.4 Å². The molecule has 3 N–H and O–H groups in total. The molecule has 7 nitrogen and oxygen atoms in total. The number of nitrogens with two attached hydrogens (primary N) is 1. The molecule has 0 aromatic carbocycles. The van der Waals surface area contributed by atoms with Gasteiger partial charge in [0.2, 0.25) is 11.8 Å². The molecule has 0 saturated carbocycles. The van der Waals surface area contributed by atoms with Crippen molar-refractivity contribution < 1.29 is 19.1 Å². The predicted octanol–water partition coefficient (Wildman–Crippen LogP) is 0.463. The molecule has 2 amide bonds. The van der Waals surface area contributed by atoms with Crippen molar-refractivity contribution in [2.45, 2.75) is 58.6 Å². The zero-order valence-corrected chi connectivity index (χ0v) is 15.5. The minimum Gasteiger partial charge on any atom is -0.369 e. The fraction of sp³-hybridized carbons (Fsp3) is 0.833. The molecule has 2 saturated heterocycles. The lowest BCUT2D eigenvalue weighted by Gasteiger charge is -2.29. The Hall–Kier alpha value is -1.47. The van der Waals surface area contributed by atoms with Crippen molar-refractivity contribution in [2.24, 2.45) is 17.1 Å². The highest BCUT2D eigenvalue weighted by Crippen LogP contribution is 2.31. The maximum Gasteiger partial charge on any atom is 0.220 e. The molecule has 0 bridgehead atoms. The first-order chi connectivity index (χ1) is 11.7. The molecule has 2 heterocycles. The van der Waals surface area contributed by atoms with Crippen molar-refractivity contribution in [1.82, 2.24) is 10.2 Å². The predicted molar refractivity (Wildman–Crippen MR) is 93.7 cm³/mol.